The molecular weight excluding hydrogens is 196 g/mol. The number of hydrogen-bond donors (Lipinski definition) is 1. The van der Waals surface area contributed by atoms with Crippen LogP contribution < -0.4 is 5.32 Å². The fourth-order valence-electron chi connectivity index (χ4n) is 1.63. The fraction of sp³-hybridized carbons (Fsp3) is 0.500. The Morgan fingerprint density at radius 3 is 2.73 bits per heavy atom. The van der Waals surface area contributed by atoms with Crippen molar-refractivity contribution in [1.29, 1.82) is 0 Å². The summed E-state index contributed by atoms with van der Waals surface area (Å²) in [6, 6.07) is 2.76. The van der Waals surface area contributed by atoms with Crippen molar-refractivity contribution < 1.29 is 8.78 Å². The first kappa shape index (κ1) is 10.4. The summed E-state index contributed by atoms with van der Waals surface area (Å²) in [5, 5.41) is 2.84. The van der Waals surface area contributed by atoms with Crippen molar-refractivity contribution in [3.05, 3.63) is 29.3 Å². The molecule has 0 radical (unpaired) electrons. The maximum atomic E-state index is 13.5. The average Bonchev–Trinajstić information content (AvgIpc) is 3.01. The van der Waals surface area contributed by atoms with E-state index in [4.69, 9.17) is 0 Å². The number of nitrogens with one attached hydrogen (secondary N) is 1. The zero-order valence-corrected chi connectivity index (χ0v) is 8.82. The Balaban J connectivity index is 2.01. The highest BCUT2D eigenvalue weighted by atomic mass is 19.1. The lowest BCUT2D eigenvalue weighted by molar-refractivity contribution is 0.580. The second-order valence-corrected chi connectivity index (χ2v) is 4.21. The van der Waals surface area contributed by atoms with Crippen LogP contribution in [0.1, 0.15) is 24.8 Å². The van der Waals surface area contributed by atoms with Crippen molar-refractivity contribution >= 4 is 5.69 Å². The molecule has 1 aromatic rings. The van der Waals surface area contributed by atoms with E-state index in [2.05, 4.69) is 5.32 Å². The van der Waals surface area contributed by atoms with Gasteiger partial charge in [0.1, 0.15) is 11.5 Å². The Bertz CT molecular complexity index is 359. The van der Waals surface area contributed by atoms with E-state index < -0.39 is 11.6 Å². The van der Waals surface area contributed by atoms with Crippen LogP contribution >= 0.6 is 0 Å². The summed E-state index contributed by atoms with van der Waals surface area (Å²) in [6.07, 6.45) is 3.54. The number of benzene rings is 1. The van der Waals surface area contributed by atoms with Crippen molar-refractivity contribution in [2.45, 2.75) is 26.2 Å². The number of halogens is 2. The van der Waals surface area contributed by atoms with E-state index in [1.165, 1.54) is 25.0 Å². The maximum Gasteiger partial charge on any atom is 0.152 e. The van der Waals surface area contributed by atoms with Gasteiger partial charge in [0.25, 0.3) is 0 Å². The molecule has 0 aliphatic heterocycles. The number of aryl methyl sites for hydroxylation is 1. The molecule has 0 atom stereocenters. The predicted octanol–water partition coefficient (Wildman–Crippen LogP) is 3.49. The highest BCUT2D eigenvalue weighted by molar-refractivity contribution is 5.48. The number of anilines is 1. The molecule has 0 spiro atoms. The molecule has 0 bridgehead atoms. The Morgan fingerprint density at radius 1 is 1.33 bits per heavy atom. The van der Waals surface area contributed by atoms with Gasteiger partial charge in [-0.05, 0) is 30.9 Å². The highest BCUT2D eigenvalue weighted by Crippen LogP contribution is 2.32. The van der Waals surface area contributed by atoms with Crippen LogP contribution in [-0.4, -0.2) is 6.54 Å². The van der Waals surface area contributed by atoms with E-state index in [0.717, 1.165) is 12.3 Å². The predicted molar refractivity (Wildman–Crippen MR) is 56.9 cm³/mol. The van der Waals surface area contributed by atoms with Crippen molar-refractivity contribution in [3.63, 3.8) is 0 Å². The minimum atomic E-state index is -0.506. The van der Waals surface area contributed by atoms with Gasteiger partial charge in [-0.25, -0.2) is 8.78 Å². The average molecular weight is 211 g/mol. The Kier molecular flexibility index (Phi) is 2.89. The molecule has 1 aromatic carbocycles. The zero-order valence-electron chi connectivity index (χ0n) is 8.82. The third-order valence-corrected chi connectivity index (χ3v) is 2.84. The van der Waals surface area contributed by atoms with Crippen LogP contribution in [0.15, 0.2) is 12.1 Å². The standard InChI is InChI=1S/C12H15F2N/c1-8-2-5-10(13)12(11(8)14)15-7-6-9-3-4-9/h2,5,9,15H,3-4,6-7H2,1H3. The first-order valence-electron chi connectivity index (χ1n) is 5.37. The van der Waals surface area contributed by atoms with Crippen molar-refractivity contribution in [2.75, 3.05) is 11.9 Å². The van der Waals surface area contributed by atoms with Gasteiger partial charge < -0.3 is 5.32 Å². The first-order valence-corrected chi connectivity index (χ1v) is 5.37. The van der Waals surface area contributed by atoms with E-state index in [0.29, 0.717) is 12.1 Å². The van der Waals surface area contributed by atoms with Crippen LogP contribution in [0, 0.1) is 24.5 Å². The van der Waals surface area contributed by atoms with Crippen LogP contribution in [0.5, 0.6) is 0 Å². The van der Waals surface area contributed by atoms with Crippen LogP contribution in [-0.2, 0) is 0 Å². The zero-order chi connectivity index (χ0) is 10.8. The molecule has 1 N–H and O–H groups in total. The molecule has 2 rings (SSSR count). The van der Waals surface area contributed by atoms with E-state index in [1.54, 1.807) is 6.92 Å². The van der Waals surface area contributed by atoms with E-state index >= 15 is 0 Å². The summed E-state index contributed by atoms with van der Waals surface area (Å²) in [6.45, 7) is 2.29. The summed E-state index contributed by atoms with van der Waals surface area (Å²) >= 11 is 0. The van der Waals surface area contributed by atoms with Crippen LogP contribution in [0.4, 0.5) is 14.5 Å². The smallest absolute Gasteiger partial charge is 0.152 e. The second-order valence-electron chi connectivity index (χ2n) is 4.21. The Morgan fingerprint density at radius 2 is 2.07 bits per heavy atom. The molecule has 0 unspecified atom stereocenters. The topological polar surface area (TPSA) is 12.0 Å². The van der Waals surface area contributed by atoms with Gasteiger partial charge in [-0.1, -0.05) is 18.9 Å². The van der Waals surface area contributed by atoms with Gasteiger partial charge in [-0.15, -0.1) is 0 Å². The number of hydrogen-bond acceptors (Lipinski definition) is 1. The molecule has 0 saturated heterocycles. The minimum absolute atomic E-state index is 0.0237. The third-order valence-electron chi connectivity index (χ3n) is 2.84. The van der Waals surface area contributed by atoms with Crippen LogP contribution in [0.25, 0.3) is 0 Å². The molecule has 1 aliphatic rings. The lowest BCUT2D eigenvalue weighted by Crippen LogP contribution is -2.07. The van der Waals surface area contributed by atoms with Gasteiger partial charge in [0.05, 0.1) is 0 Å². The molecule has 15 heavy (non-hydrogen) atoms. The Labute approximate surface area is 88.5 Å². The SMILES string of the molecule is Cc1ccc(F)c(NCCC2CC2)c1F. The molecule has 3 heteroatoms. The molecule has 1 fully saturated rings. The van der Waals surface area contributed by atoms with E-state index in [1.807, 2.05) is 0 Å². The van der Waals surface area contributed by atoms with Crippen LogP contribution in [0.2, 0.25) is 0 Å². The van der Waals surface area contributed by atoms with Crippen molar-refractivity contribution in [3.8, 4) is 0 Å². The van der Waals surface area contributed by atoms with Crippen LogP contribution in [0.3, 0.4) is 0 Å². The van der Waals surface area contributed by atoms with Gasteiger partial charge in [-0.2, -0.15) is 0 Å². The number of rotatable bonds is 4. The molecule has 82 valence electrons. The second kappa shape index (κ2) is 4.17. The van der Waals surface area contributed by atoms with Gasteiger partial charge >= 0.3 is 0 Å². The normalized spacial score (nSPS) is 15.4. The van der Waals surface area contributed by atoms with Gasteiger partial charge in [0, 0.05) is 6.54 Å². The lowest BCUT2D eigenvalue weighted by Gasteiger charge is -2.09. The molecule has 0 aromatic heterocycles. The summed E-state index contributed by atoms with van der Waals surface area (Å²) in [5.41, 5.74) is 0.501. The first-order chi connectivity index (χ1) is 7.18. The maximum absolute atomic E-state index is 13.5. The monoisotopic (exact) mass is 211 g/mol. The van der Waals surface area contributed by atoms with Crippen molar-refractivity contribution in [2.24, 2.45) is 5.92 Å². The molecular formula is C12H15F2N. The molecule has 1 aliphatic carbocycles. The summed E-state index contributed by atoms with van der Waals surface area (Å²) in [7, 11) is 0. The van der Waals surface area contributed by atoms with E-state index in [-0.39, 0.29) is 5.69 Å². The molecule has 1 saturated carbocycles. The van der Waals surface area contributed by atoms with Crippen molar-refractivity contribution in [1.82, 2.24) is 0 Å². The van der Waals surface area contributed by atoms with Gasteiger partial charge in [0.2, 0.25) is 0 Å². The third kappa shape index (κ3) is 2.46. The Hall–Kier alpha value is -1.12. The van der Waals surface area contributed by atoms with Gasteiger partial charge in [0.15, 0.2) is 5.82 Å². The molecule has 1 nitrogen and oxygen atoms in total. The fourth-order valence-corrected chi connectivity index (χ4v) is 1.63. The highest BCUT2D eigenvalue weighted by Gasteiger charge is 2.20. The summed E-state index contributed by atoms with van der Waals surface area (Å²) in [5.74, 6) is -0.201. The van der Waals surface area contributed by atoms with Gasteiger partial charge in [-0.3, -0.25) is 0 Å². The summed E-state index contributed by atoms with van der Waals surface area (Å²) in [4.78, 5) is 0. The molecule has 0 heterocycles. The lowest BCUT2D eigenvalue weighted by atomic mass is 10.2. The van der Waals surface area contributed by atoms with E-state index in [9.17, 15) is 8.78 Å². The minimum Gasteiger partial charge on any atom is -0.380 e. The largest absolute Gasteiger partial charge is 0.380 e. The molecule has 0 amide bonds. The quantitative estimate of drug-likeness (QED) is 0.803. The summed E-state index contributed by atoms with van der Waals surface area (Å²) < 4.78 is 26.8.